The van der Waals surface area contributed by atoms with Crippen LogP contribution in [0.5, 0.6) is 5.75 Å². The van der Waals surface area contributed by atoms with Crippen molar-refractivity contribution in [3.05, 3.63) is 29.8 Å². The Morgan fingerprint density at radius 2 is 1.96 bits per heavy atom. The molecule has 0 bridgehead atoms. The fourth-order valence-corrected chi connectivity index (χ4v) is 5.05. The molecule has 1 atom stereocenters. The Hall–Kier alpha value is -1.15. The summed E-state index contributed by atoms with van der Waals surface area (Å²) in [6, 6.07) is 7.84. The van der Waals surface area contributed by atoms with Crippen molar-refractivity contribution in [3.8, 4) is 5.75 Å². The monoisotopic (exact) mass is 354 g/mol. The standard InChI is InChI=1S/C17H26N2O4S/c1-22-16-7-5-6-15(12-16)13-17-14-19(10-11-23-17)24(20,21)18-8-3-2-4-9-18/h5-7,12,17H,2-4,8-11,13-14H2,1H3/t17-/m0/s1. The summed E-state index contributed by atoms with van der Waals surface area (Å²) >= 11 is 0. The van der Waals surface area contributed by atoms with Crippen molar-refractivity contribution >= 4 is 10.2 Å². The second kappa shape index (κ2) is 7.82. The number of morpholine rings is 1. The van der Waals surface area contributed by atoms with Crippen molar-refractivity contribution in [1.29, 1.82) is 0 Å². The van der Waals surface area contributed by atoms with Crippen molar-refractivity contribution in [3.63, 3.8) is 0 Å². The lowest BCUT2D eigenvalue weighted by Crippen LogP contribution is -2.52. The molecule has 6 nitrogen and oxygen atoms in total. The van der Waals surface area contributed by atoms with Crippen LogP contribution in [0.25, 0.3) is 0 Å². The zero-order chi connectivity index (χ0) is 17.0. The van der Waals surface area contributed by atoms with Gasteiger partial charge in [0.25, 0.3) is 10.2 Å². The number of ether oxygens (including phenoxy) is 2. The Kier molecular flexibility index (Phi) is 5.76. The number of hydrogen-bond acceptors (Lipinski definition) is 4. The van der Waals surface area contributed by atoms with Crippen LogP contribution < -0.4 is 4.74 Å². The molecule has 2 aliphatic heterocycles. The first kappa shape index (κ1) is 17.7. The van der Waals surface area contributed by atoms with Crippen LogP contribution in [0.4, 0.5) is 0 Å². The molecule has 2 heterocycles. The average molecular weight is 354 g/mol. The van der Waals surface area contributed by atoms with Gasteiger partial charge in [0.05, 0.1) is 19.8 Å². The highest BCUT2D eigenvalue weighted by molar-refractivity contribution is 7.86. The minimum atomic E-state index is -3.36. The maximum Gasteiger partial charge on any atom is 0.282 e. The van der Waals surface area contributed by atoms with E-state index >= 15 is 0 Å². The summed E-state index contributed by atoms with van der Waals surface area (Å²) in [6.45, 7) is 2.58. The number of benzene rings is 1. The molecule has 0 spiro atoms. The quantitative estimate of drug-likeness (QED) is 0.807. The third-order valence-electron chi connectivity index (χ3n) is 4.67. The van der Waals surface area contributed by atoms with Crippen LogP contribution >= 0.6 is 0 Å². The highest BCUT2D eigenvalue weighted by atomic mass is 32.2. The van der Waals surface area contributed by atoms with Gasteiger partial charge in [0.2, 0.25) is 0 Å². The number of rotatable bonds is 5. The molecule has 2 fully saturated rings. The van der Waals surface area contributed by atoms with Gasteiger partial charge < -0.3 is 9.47 Å². The van der Waals surface area contributed by atoms with Crippen molar-refractivity contribution in [2.45, 2.75) is 31.8 Å². The van der Waals surface area contributed by atoms with E-state index in [4.69, 9.17) is 9.47 Å². The van der Waals surface area contributed by atoms with Crippen LogP contribution in [0.3, 0.4) is 0 Å². The molecule has 3 rings (SSSR count). The van der Waals surface area contributed by atoms with Gasteiger partial charge >= 0.3 is 0 Å². The van der Waals surface area contributed by atoms with E-state index in [1.807, 2.05) is 24.3 Å². The van der Waals surface area contributed by atoms with Crippen molar-refractivity contribution < 1.29 is 17.9 Å². The summed E-state index contributed by atoms with van der Waals surface area (Å²) in [7, 11) is -1.72. The molecule has 2 aliphatic rings. The van der Waals surface area contributed by atoms with Gasteiger partial charge in [-0.25, -0.2) is 0 Å². The van der Waals surface area contributed by atoms with E-state index in [1.165, 1.54) is 0 Å². The topological polar surface area (TPSA) is 59.1 Å². The van der Waals surface area contributed by atoms with Crippen LogP contribution in [0.2, 0.25) is 0 Å². The van der Waals surface area contributed by atoms with Crippen molar-refractivity contribution in [2.75, 3.05) is 39.9 Å². The van der Waals surface area contributed by atoms with E-state index in [9.17, 15) is 8.42 Å². The molecule has 1 aromatic carbocycles. The lowest BCUT2D eigenvalue weighted by atomic mass is 10.1. The van der Waals surface area contributed by atoms with Gasteiger partial charge in [-0.15, -0.1) is 0 Å². The van der Waals surface area contributed by atoms with E-state index < -0.39 is 10.2 Å². The van der Waals surface area contributed by atoms with Gasteiger partial charge in [-0.2, -0.15) is 17.0 Å². The Balaban J connectivity index is 1.65. The molecule has 0 saturated carbocycles. The zero-order valence-corrected chi connectivity index (χ0v) is 15.0. The van der Waals surface area contributed by atoms with Crippen LogP contribution in [-0.2, 0) is 21.4 Å². The van der Waals surface area contributed by atoms with Crippen molar-refractivity contribution in [1.82, 2.24) is 8.61 Å². The second-order valence-corrected chi connectivity index (χ2v) is 8.30. The average Bonchev–Trinajstić information content (AvgIpc) is 2.63. The Bertz CT molecular complexity index is 644. The highest BCUT2D eigenvalue weighted by Crippen LogP contribution is 2.21. The molecule has 24 heavy (non-hydrogen) atoms. The lowest BCUT2D eigenvalue weighted by Gasteiger charge is -2.36. The fourth-order valence-electron chi connectivity index (χ4n) is 3.35. The fraction of sp³-hybridized carbons (Fsp3) is 0.647. The van der Waals surface area contributed by atoms with Gasteiger partial charge in [0, 0.05) is 32.6 Å². The molecule has 134 valence electrons. The highest BCUT2D eigenvalue weighted by Gasteiger charge is 2.34. The summed E-state index contributed by atoms with van der Waals surface area (Å²) < 4.78 is 39.9. The summed E-state index contributed by atoms with van der Waals surface area (Å²) in [6.07, 6.45) is 3.59. The first-order valence-electron chi connectivity index (χ1n) is 8.59. The number of piperidine rings is 1. The van der Waals surface area contributed by atoms with E-state index in [0.717, 1.165) is 30.6 Å². The molecule has 0 amide bonds. The van der Waals surface area contributed by atoms with E-state index in [2.05, 4.69) is 0 Å². The number of nitrogens with zero attached hydrogens (tertiary/aromatic N) is 2. The summed E-state index contributed by atoms with van der Waals surface area (Å²) in [4.78, 5) is 0. The molecular weight excluding hydrogens is 328 g/mol. The largest absolute Gasteiger partial charge is 0.497 e. The van der Waals surface area contributed by atoms with Crippen LogP contribution in [0.1, 0.15) is 24.8 Å². The van der Waals surface area contributed by atoms with Crippen LogP contribution in [0.15, 0.2) is 24.3 Å². The molecule has 2 saturated heterocycles. The molecule has 7 heteroatoms. The number of methoxy groups -OCH3 is 1. The minimum absolute atomic E-state index is 0.120. The molecule has 0 aliphatic carbocycles. The Morgan fingerprint density at radius 3 is 2.71 bits per heavy atom. The maximum absolute atomic E-state index is 12.8. The molecular formula is C17H26N2O4S. The van der Waals surface area contributed by atoms with E-state index in [1.54, 1.807) is 15.7 Å². The molecule has 0 unspecified atom stereocenters. The third-order valence-corrected chi connectivity index (χ3v) is 6.67. The normalized spacial score (nSPS) is 24.0. The van der Waals surface area contributed by atoms with E-state index in [-0.39, 0.29) is 6.10 Å². The lowest BCUT2D eigenvalue weighted by molar-refractivity contribution is -0.00244. The molecule has 0 radical (unpaired) electrons. The maximum atomic E-state index is 12.8. The van der Waals surface area contributed by atoms with Gasteiger partial charge in [-0.3, -0.25) is 0 Å². The Morgan fingerprint density at radius 1 is 1.17 bits per heavy atom. The predicted molar refractivity (Wildman–Crippen MR) is 92.4 cm³/mol. The zero-order valence-electron chi connectivity index (χ0n) is 14.2. The van der Waals surface area contributed by atoms with Crippen molar-refractivity contribution in [2.24, 2.45) is 0 Å². The van der Waals surface area contributed by atoms with Gasteiger partial charge in [0.1, 0.15) is 5.75 Å². The van der Waals surface area contributed by atoms with Gasteiger partial charge in [-0.1, -0.05) is 18.6 Å². The smallest absolute Gasteiger partial charge is 0.282 e. The number of hydrogen-bond donors (Lipinski definition) is 0. The third kappa shape index (κ3) is 4.08. The van der Waals surface area contributed by atoms with Gasteiger partial charge in [0.15, 0.2) is 0 Å². The first-order valence-corrected chi connectivity index (χ1v) is 9.99. The summed E-state index contributed by atoms with van der Waals surface area (Å²) in [5.74, 6) is 0.807. The van der Waals surface area contributed by atoms with E-state index in [0.29, 0.717) is 39.2 Å². The molecule has 0 N–H and O–H groups in total. The summed E-state index contributed by atoms with van der Waals surface area (Å²) in [5, 5.41) is 0. The second-order valence-electron chi connectivity index (χ2n) is 6.37. The summed E-state index contributed by atoms with van der Waals surface area (Å²) in [5.41, 5.74) is 1.09. The van der Waals surface area contributed by atoms with Crippen LogP contribution in [-0.4, -0.2) is 63.0 Å². The molecule has 0 aromatic heterocycles. The Labute approximate surface area is 144 Å². The van der Waals surface area contributed by atoms with Crippen LogP contribution in [0, 0.1) is 0 Å². The minimum Gasteiger partial charge on any atom is -0.497 e. The SMILES string of the molecule is COc1cccc(C[C@H]2CN(S(=O)(=O)N3CCCCC3)CCO2)c1. The van der Waals surface area contributed by atoms with Gasteiger partial charge in [-0.05, 0) is 30.5 Å². The first-order chi connectivity index (χ1) is 11.6. The predicted octanol–water partition coefficient (Wildman–Crippen LogP) is 1.67. The molecule has 1 aromatic rings.